The number of hydrogen-bond acceptors (Lipinski definition) is 6. The van der Waals surface area contributed by atoms with Crippen molar-refractivity contribution < 1.29 is 14.0 Å². The summed E-state index contributed by atoms with van der Waals surface area (Å²) in [6.45, 7) is 3.74. The predicted octanol–water partition coefficient (Wildman–Crippen LogP) is 2.64. The van der Waals surface area contributed by atoms with Crippen LogP contribution in [0.3, 0.4) is 0 Å². The molecule has 0 spiro atoms. The normalized spacial score (nSPS) is 11.0. The molecule has 0 atom stereocenters. The van der Waals surface area contributed by atoms with E-state index in [1.54, 1.807) is 21.1 Å². The zero-order valence-electron chi connectivity index (χ0n) is 15.3. The first-order chi connectivity index (χ1) is 12.2. The molecule has 0 saturated carbocycles. The van der Waals surface area contributed by atoms with Crippen LogP contribution in [0.5, 0.6) is 5.75 Å². The quantitative estimate of drug-likeness (QED) is 0.249. The highest BCUT2D eigenvalue weighted by molar-refractivity contribution is 14.0. The third-order valence-corrected chi connectivity index (χ3v) is 3.28. The van der Waals surface area contributed by atoms with Crippen LogP contribution in [0.15, 0.2) is 33.8 Å². The van der Waals surface area contributed by atoms with E-state index in [1.807, 2.05) is 24.3 Å². The van der Waals surface area contributed by atoms with Crippen molar-refractivity contribution in [2.24, 2.45) is 4.99 Å². The van der Waals surface area contributed by atoms with Crippen LogP contribution in [0.4, 0.5) is 5.69 Å². The van der Waals surface area contributed by atoms with Gasteiger partial charge in [-0.25, -0.2) is 0 Å². The maximum atomic E-state index is 5.70. The van der Waals surface area contributed by atoms with Crippen molar-refractivity contribution in [3.8, 4) is 5.75 Å². The monoisotopic (exact) mass is 475 g/mol. The van der Waals surface area contributed by atoms with Gasteiger partial charge in [0.15, 0.2) is 11.8 Å². The topological polar surface area (TPSA) is 93.8 Å². The smallest absolute Gasteiger partial charge is 0.228 e. The summed E-state index contributed by atoms with van der Waals surface area (Å²) in [7, 11) is 3.40. The zero-order chi connectivity index (χ0) is 17.9. The Hall–Kier alpha value is -1.88. The lowest BCUT2D eigenvalue weighted by Crippen LogP contribution is -2.32. The van der Waals surface area contributed by atoms with Crippen molar-refractivity contribution in [3.05, 3.63) is 36.0 Å². The Kier molecular flexibility index (Phi) is 10.6. The number of anilines is 1. The van der Waals surface area contributed by atoms with Crippen molar-refractivity contribution in [1.29, 1.82) is 0 Å². The average Bonchev–Trinajstić information content (AvgIpc) is 3.03. The first-order valence-corrected chi connectivity index (χ1v) is 8.20. The first-order valence-electron chi connectivity index (χ1n) is 8.20. The van der Waals surface area contributed by atoms with Crippen molar-refractivity contribution >= 4 is 35.6 Å². The number of guanidine groups is 1. The number of nitrogens with one attached hydrogen (secondary N) is 2. The summed E-state index contributed by atoms with van der Waals surface area (Å²) in [5, 5.41) is 10.2. The van der Waals surface area contributed by atoms with Gasteiger partial charge < -0.3 is 24.6 Å². The molecule has 0 unspecified atom stereocenters. The van der Waals surface area contributed by atoms with Crippen molar-refractivity contribution in [2.75, 3.05) is 39.2 Å². The van der Waals surface area contributed by atoms with Gasteiger partial charge in [-0.1, -0.05) is 11.2 Å². The second kappa shape index (κ2) is 12.5. The number of methoxy groups -OCH3 is 1. The number of aryl methyl sites for hydroxylation is 1. The van der Waals surface area contributed by atoms with Gasteiger partial charge in [-0.3, -0.25) is 4.99 Å². The van der Waals surface area contributed by atoms with Gasteiger partial charge in [0.25, 0.3) is 0 Å². The first kappa shape index (κ1) is 22.2. The molecule has 0 aliphatic heterocycles. The summed E-state index contributed by atoms with van der Waals surface area (Å²) in [4.78, 5) is 8.37. The minimum absolute atomic E-state index is 0. The van der Waals surface area contributed by atoms with E-state index in [-0.39, 0.29) is 24.0 Å². The molecule has 26 heavy (non-hydrogen) atoms. The van der Waals surface area contributed by atoms with Crippen molar-refractivity contribution in [3.63, 3.8) is 0 Å². The van der Waals surface area contributed by atoms with Gasteiger partial charge in [0.05, 0.1) is 6.61 Å². The fourth-order valence-electron chi connectivity index (χ4n) is 2.10. The molecule has 9 heteroatoms. The molecule has 2 N–H and O–H groups in total. The van der Waals surface area contributed by atoms with Crippen LogP contribution in [0.2, 0.25) is 0 Å². The number of aromatic nitrogens is 2. The highest BCUT2D eigenvalue weighted by atomic mass is 127. The maximum absolute atomic E-state index is 5.70. The molecule has 0 aliphatic carbocycles. The highest BCUT2D eigenvalue weighted by Gasteiger charge is 2.04. The van der Waals surface area contributed by atoms with Crippen LogP contribution in [0.25, 0.3) is 0 Å². The molecular formula is C17H26IN5O3. The standard InChI is InChI=1S/C17H25N5O3.HI/c1-13-20-16(25-22-13)8-9-19-17(18-2)21-14-6-4-7-15(12-14)24-11-5-10-23-3;/h4,6-7,12H,5,8-11H2,1-3H3,(H2,18,19,21);1H. The number of aliphatic imine (C=N–C) groups is 1. The van der Waals surface area contributed by atoms with Crippen LogP contribution in [0.1, 0.15) is 18.1 Å². The molecule has 0 radical (unpaired) electrons. The Balaban J connectivity index is 0.00000338. The van der Waals surface area contributed by atoms with E-state index < -0.39 is 0 Å². The van der Waals surface area contributed by atoms with Crippen LogP contribution in [-0.4, -0.2) is 50.0 Å². The van der Waals surface area contributed by atoms with E-state index in [9.17, 15) is 0 Å². The highest BCUT2D eigenvalue weighted by Crippen LogP contribution is 2.17. The Morgan fingerprint density at radius 2 is 2.15 bits per heavy atom. The summed E-state index contributed by atoms with van der Waals surface area (Å²) in [5.41, 5.74) is 0.894. The van der Waals surface area contributed by atoms with Crippen molar-refractivity contribution in [1.82, 2.24) is 15.5 Å². The molecule has 0 amide bonds. The lowest BCUT2D eigenvalue weighted by molar-refractivity contribution is 0.172. The molecule has 2 aromatic rings. The molecule has 0 aliphatic rings. The fraction of sp³-hybridized carbons (Fsp3) is 0.471. The molecule has 1 aromatic carbocycles. The van der Waals surface area contributed by atoms with E-state index in [4.69, 9.17) is 14.0 Å². The van der Waals surface area contributed by atoms with Gasteiger partial charge in [-0.2, -0.15) is 4.98 Å². The number of hydrogen-bond donors (Lipinski definition) is 2. The second-order valence-electron chi connectivity index (χ2n) is 5.33. The number of rotatable bonds is 9. The summed E-state index contributed by atoms with van der Waals surface area (Å²) in [5.74, 6) is 2.71. The Morgan fingerprint density at radius 3 is 2.85 bits per heavy atom. The van der Waals surface area contributed by atoms with E-state index >= 15 is 0 Å². The van der Waals surface area contributed by atoms with Crippen LogP contribution >= 0.6 is 24.0 Å². The van der Waals surface area contributed by atoms with E-state index in [2.05, 4.69) is 25.8 Å². The molecule has 1 aromatic heterocycles. The van der Waals surface area contributed by atoms with Gasteiger partial charge >= 0.3 is 0 Å². The Labute approximate surface area is 170 Å². The zero-order valence-corrected chi connectivity index (χ0v) is 17.6. The minimum Gasteiger partial charge on any atom is -0.493 e. The number of nitrogens with zero attached hydrogens (tertiary/aromatic N) is 3. The lowest BCUT2D eigenvalue weighted by atomic mass is 10.3. The molecule has 0 saturated heterocycles. The molecule has 144 valence electrons. The molecule has 0 bridgehead atoms. The van der Waals surface area contributed by atoms with Gasteiger partial charge in [0.1, 0.15) is 5.75 Å². The maximum Gasteiger partial charge on any atom is 0.228 e. The summed E-state index contributed by atoms with van der Waals surface area (Å²) in [6, 6.07) is 7.74. The fourth-order valence-corrected chi connectivity index (χ4v) is 2.10. The second-order valence-corrected chi connectivity index (χ2v) is 5.33. The molecule has 1 heterocycles. The van der Waals surface area contributed by atoms with Gasteiger partial charge in [0, 0.05) is 51.9 Å². The third kappa shape index (κ3) is 8.00. The van der Waals surface area contributed by atoms with Crippen LogP contribution in [0, 0.1) is 6.92 Å². The van der Waals surface area contributed by atoms with E-state index in [0.29, 0.717) is 43.9 Å². The number of benzene rings is 1. The van der Waals surface area contributed by atoms with Gasteiger partial charge in [0.2, 0.25) is 5.89 Å². The Bertz CT molecular complexity index is 678. The number of ether oxygens (including phenoxy) is 2. The average molecular weight is 475 g/mol. The van der Waals surface area contributed by atoms with E-state index in [1.165, 1.54) is 0 Å². The molecule has 2 rings (SSSR count). The largest absolute Gasteiger partial charge is 0.493 e. The Morgan fingerprint density at radius 1 is 1.31 bits per heavy atom. The van der Waals surface area contributed by atoms with E-state index in [0.717, 1.165) is 17.9 Å². The third-order valence-electron chi connectivity index (χ3n) is 3.28. The minimum atomic E-state index is 0. The molecule has 0 fully saturated rings. The summed E-state index contributed by atoms with van der Waals surface area (Å²) in [6.07, 6.45) is 1.48. The predicted molar refractivity (Wildman–Crippen MR) is 112 cm³/mol. The van der Waals surface area contributed by atoms with Crippen LogP contribution in [-0.2, 0) is 11.2 Å². The summed E-state index contributed by atoms with van der Waals surface area (Å²) < 4.78 is 15.8. The number of halogens is 1. The molecule has 8 nitrogen and oxygen atoms in total. The van der Waals surface area contributed by atoms with Gasteiger partial charge in [-0.05, 0) is 19.1 Å². The lowest BCUT2D eigenvalue weighted by Gasteiger charge is -2.12. The molecular weight excluding hydrogens is 449 g/mol. The van der Waals surface area contributed by atoms with Crippen LogP contribution < -0.4 is 15.4 Å². The SMILES string of the molecule is CN=C(NCCc1nc(C)no1)Nc1cccc(OCCCOC)c1.I. The van der Waals surface area contributed by atoms with Gasteiger partial charge in [-0.15, -0.1) is 24.0 Å². The summed E-state index contributed by atoms with van der Waals surface area (Å²) >= 11 is 0. The van der Waals surface area contributed by atoms with Crippen molar-refractivity contribution in [2.45, 2.75) is 19.8 Å².